The van der Waals surface area contributed by atoms with E-state index in [-0.39, 0.29) is 67.3 Å². The molecule has 3 N–H and O–H groups in total. The van der Waals surface area contributed by atoms with Gasteiger partial charge in [0.15, 0.2) is 5.78 Å². The molecule has 0 heterocycles. The van der Waals surface area contributed by atoms with Crippen molar-refractivity contribution >= 4 is 5.78 Å². The Morgan fingerprint density at radius 2 is 1.79 bits per heavy atom. The quantitative estimate of drug-likeness (QED) is 0.354. The van der Waals surface area contributed by atoms with Gasteiger partial charge in [0.2, 0.25) is 0 Å². The molecule has 0 aromatic heterocycles. The van der Waals surface area contributed by atoms with Crippen LogP contribution in [-0.4, -0.2) is 39.9 Å². The summed E-state index contributed by atoms with van der Waals surface area (Å²) in [5, 5.41) is 26.7. The van der Waals surface area contributed by atoms with Gasteiger partial charge in [-0.3, -0.25) is 4.79 Å². The number of hydrogen-bond donors (Lipinski definition) is 3. The van der Waals surface area contributed by atoms with Gasteiger partial charge in [-0.15, -0.1) is 0 Å². The molecule has 0 aromatic carbocycles. The SMILES string of the molecule is O=C1C=CC(CO)C(O)C1O.[V].[W].[W]. The van der Waals surface area contributed by atoms with Gasteiger partial charge in [0.25, 0.3) is 0 Å². The Morgan fingerprint density at radius 1 is 1.29 bits per heavy atom. The zero-order valence-electron chi connectivity index (χ0n) is 7.11. The van der Waals surface area contributed by atoms with Gasteiger partial charge in [0.05, 0.1) is 12.7 Å². The molecule has 0 saturated carbocycles. The van der Waals surface area contributed by atoms with Gasteiger partial charge in [-0.25, -0.2) is 0 Å². The summed E-state index contributed by atoms with van der Waals surface area (Å²) in [6.07, 6.45) is 0.0347. The summed E-state index contributed by atoms with van der Waals surface area (Å²) in [5.41, 5.74) is 0. The average molecular weight is 577 g/mol. The summed E-state index contributed by atoms with van der Waals surface area (Å²) in [5.74, 6) is -1.04. The van der Waals surface area contributed by atoms with Crippen molar-refractivity contribution in [3.63, 3.8) is 0 Å². The first-order chi connectivity index (χ1) is 5.16. The minimum Gasteiger partial charge on any atom is -0.396 e. The second-order valence-corrected chi connectivity index (χ2v) is 2.54. The van der Waals surface area contributed by atoms with Crippen molar-refractivity contribution in [2.45, 2.75) is 12.2 Å². The molecule has 7 heteroatoms. The van der Waals surface area contributed by atoms with E-state index in [0.717, 1.165) is 0 Å². The normalized spacial score (nSPS) is 29.6. The second-order valence-electron chi connectivity index (χ2n) is 2.54. The van der Waals surface area contributed by atoms with Crippen molar-refractivity contribution in [1.82, 2.24) is 0 Å². The molecule has 1 rings (SSSR count). The van der Waals surface area contributed by atoms with Crippen molar-refractivity contribution < 1.29 is 80.8 Å². The van der Waals surface area contributed by atoms with Crippen LogP contribution < -0.4 is 0 Å². The maximum atomic E-state index is 10.7. The van der Waals surface area contributed by atoms with E-state index in [0.29, 0.717) is 0 Å². The Labute approximate surface area is 123 Å². The zero-order valence-corrected chi connectivity index (χ0v) is 14.4. The molecule has 0 aromatic rings. The van der Waals surface area contributed by atoms with Crippen LogP contribution in [0.25, 0.3) is 0 Å². The van der Waals surface area contributed by atoms with Crippen LogP contribution in [0.3, 0.4) is 0 Å². The van der Waals surface area contributed by atoms with Crippen molar-refractivity contribution in [2.75, 3.05) is 6.61 Å². The molecule has 0 bridgehead atoms. The molecule has 0 saturated heterocycles. The number of ketones is 1. The van der Waals surface area contributed by atoms with Crippen LogP contribution in [0.5, 0.6) is 0 Å². The molecule has 0 spiro atoms. The number of hydrogen-bond acceptors (Lipinski definition) is 4. The van der Waals surface area contributed by atoms with E-state index in [1.54, 1.807) is 0 Å². The van der Waals surface area contributed by atoms with Gasteiger partial charge in [-0.2, -0.15) is 0 Å². The first-order valence-electron chi connectivity index (χ1n) is 3.36. The van der Waals surface area contributed by atoms with E-state index in [1.807, 2.05) is 0 Å². The van der Waals surface area contributed by atoms with E-state index < -0.39 is 23.9 Å². The van der Waals surface area contributed by atoms with Crippen LogP contribution >= 0.6 is 0 Å². The fourth-order valence-corrected chi connectivity index (χ4v) is 1.00. The van der Waals surface area contributed by atoms with Crippen LogP contribution in [0, 0.1) is 5.92 Å². The van der Waals surface area contributed by atoms with Gasteiger partial charge in [0, 0.05) is 66.6 Å². The summed E-state index contributed by atoms with van der Waals surface area (Å²) in [6.45, 7) is -0.262. The fraction of sp³-hybridized carbons (Fsp3) is 0.571. The summed E-state index contributed by atoms with van der Waals surface area (Å²) in [7, 11) is 0. The maximum absolute atomic E-state index is 10.7. The molecule has 4 nitrogen and oxygen atoms in total. The van der Waals surface area contributed by atoms with E-state index in [9.17, 15) is 4.79 Å². The maximum Gasteiger partial charge on any atom is 0.186 e. The molecule has 79 valence electrons. The van der Waals surface area contributed by atoms with Crippen LogP contribution in [0.4, 0.5) is 0 Å². The van der Waals surface area contributed by atoms with Gasteiger partial charge >= 0.3 is 0 Å². The number of aliphatic hydroxyl groups is 3. The molecule has 1 radical (unpaired) electrons. The predicted molar refractivity (Wildman–Crippen MR) is 36.7 cm³/mol. The van der Waals surface area contributed by atoms with E-state index in [1.165, 1.54) is 12.2 Å². The van der Waals surface area contributed by atoms with Gasteiger partial charge in [-0.1, -0.05) is 6.08 Å². The van der Waals surface area contributed by atoms with E-state index in [4.69, 9.17) is 15.3 Å². The largest absolute Gasteiger partial charge is 0.396 e. The molecular formula is C7H10O4VW2. The molecule has 14 heavy (non-hydrogen) atoms. The third kappa shape index (κ3) is 4.85. The molecule has 3 atom stereocenters. The number of carbonyl (C=O) groups is 1. The fourth-order valence-electron chi connectivity index (χ4n) is 1.00. The summed E-state index contributed by atoms with van der Waals surface area (Å²) < 4.78 is 0. The first kappa shape index (κ1) is 20.6. The molecule has 0 amide bonds. The molecule has 1 aliphatic rings. The molecular weight excluding hydrogens is 567 g/mol. The Balaban J connectivity index is -0.000000403. The molecule has 0 fully saturated rings. The Morgan fingerprint density at radius 3 is 2.21 bits per heavy atom. The van der Waals surface area contributed by atoms with Crippen LogP contribution in [0.15, 0.2) is 12.2 Å². The average Bonchev–Trinajstić information content (AvgIpc) is 2.01. The molecule has 3 unspecified atom stereocenters. The van der Waals surface area contributed by atoms with Crippen LogP contribution in [0.2, 0.25) is 0 Å². The van der Waals surface area contributed by atoms with Gasteiger partial charge in [0.1, 0.15) is 6.10 Å². The number of rotatable bonds is 1. The third-order valence-electron chi connectivity index (χ3n) is 1.77. The number of aliphatic hydroxyl groups excluding tert-OH is 3. The Bertz CT molecular complexity index is 200. The van der Waals surface area contributed by atoms with Crippen molar-refractivity contribution in [2.24, 2.45) is 5.92 Å². The topological polar surface area (TPSA) is 77.8 Å². The smallest absolute Gasteiger partial charge is 0.186 e. The predicted octanol–water partition coefficient (Wildman–Crippen LogP) is -1.55. The van der Waals surface area contributed by atoms with Crippen LogP contribution in [-0.2, 0) is 65.5 Å². The third-order valence-corrected chi connectivity index (χ3v) is 1.77. The second kappa shape index (κ2) is 9.48. The summed E-state index contributed by atoms with van der Waals surface area (Å²) >= 11 is 0. The van der Waals surface area contributed by atoms with Crippen molar-refractivity contribution in [3.05, 3.63) is 12.2 Å². The van der Waals surface area contributed by atoms with E-state index in [2.05, 4.69) is 0 Å². The first-order valence-corrected chi connectivity index (χ1v) is 3.36. The standard InChI is InChI=1S/C7H10O4.V.2W/c8-3-4-1-2-5(9)7(11)6(4)10;;;/h1-2,4,6-8,10-11H,3H2;;;. The molecule has 0 aliphatic heterocycles. The Hall–Kier alpha value is 1.25. The molecule has 1 aliphatic carbocycles. The van der Waals surface area contributed by atoms with Crippen LogP contribution in [0.1, 0.15) is 0 Å². The van der Waals surface area contributed by atoms with Crippen molar-refractivity contribution in [1.29, 1.82) is 0 Å². The minimum atomic E-state index is -1.38. The van der Waals surface area contributed by atoms with E-state index >= 15 is 0 Å². The van der Waals surface area contributed by atoms with Crippen molar-refractivity contribution in [3.8, 4) is 0 Å². The monoisotopic (exact) mass is 577 g/mol. The van der Waals surface area contributed by atoms with Gasteiger partial charge in [-0.05, 0) is 6.08 Å². The minimum absolute atomic E-state index is 0. The summed E-state index contributed by atoms with van der Waals surface area (Å²) in [4.78, 5) is 10.7. The zero-order chi connectivity index (χ0) is 8.43. The number of carbonyl (C=O) groups excluding carboxylic acids is 1. The Kier molecular flexibility index (Phi) is 14.0. The van der Waals surface area contributed by atoms with Gasteiger partial charge < -0.3 is 15.3 Å². The summed E-state index contributed by atoms with van der Waals surface area (Å²) in [6, 6.07) is 0.